The van der Waals surface area contributed by atoms with Crippen LogP contribution in [0.25, 0.3) is 10.2 Å². The van der Waals surface area contributed by atoms with Crippen molar-refractivity contribution in [1.82, 2.24) is 9.78 Å². The topological polar surface area (TPSA) is 61.2 Å². The van der Waals surface area contributed by atoms with Gasteiger partial charge in [0, 0.05) is 16.0 Å². The van der Waals surface area contributed by atoms with Crippen molar-refractivity contribution < 1.29 is 14.3 Å². The van der Waals surface area contributed by atoms with E-state index in [1.54, 1.807) is 30.3 Å². The molecule has 0 aliphatic rings. The molecule has 0 unspecified atom stereocenters. The average Bonchev–Trinajstić information content (AvgIpc) is 3.30. The van der Waals surface area contributed by atoms with E-state index in [-0.39, 0.29) is 12.4 Å². The van der Waals surface area contributed by atoms with Gasteiger partial charge in [0.25, 0.3) is 0 Å². The third-order valence-corrected chi connectivity index (χ3v) is 6.01. The van der Waals surface area contributed by atoms with Crippen LogP contribution in [0.2, 0.25) is 5.02 Å². The summed E-state index contributed by atoms with van der Waals surface area (Å²) in [6.07, 6.45) is 0. The largest absolute Gasteiger partial charge is 0.453 e. The number of rotatable bonds is 6. The molecule has 0 aliphatic carbocycles. The van der Waals surface area contributed by atoms with Gasteiger partial charge in [-0.1, -0.05) is 60.1 Å². The maximum Gasteiger partial charge on any atom is 0.348 e. The summed E-state index contributed by atoms with van der Waals surface area (Å²) in [5.74, 6) is -0.750. The number of hydrogen-bond donors (Lipinski definition) is 0. The summed E-state index contributed by atoms with van der Waals surface area (Å²) in [4.78, 5) is 25.9. The first-order valence-corrected chi connectivity index (χ1v) is 10.2. The van der Waals surface area contributed by atoms with Gasteiger partial charge in [0.15, 0.2) is 12.4 Å². The molecule has 146 valence electrons. The van der Waals surface area contributed by atoms with Crippen LogP contribution in [-0.4, -0.2) is 28.1 Å². The van der Waals surface area contributed by atoms with Crippen molar-refractivity contribution in [2.45, 2.75) is 13.5 Å². The zero-order valence-electron chi connectivity index (χ0n) is 15.6. The second-order valence-electron chi connectivity index (χ2n) is 6.53. The predicted octanol–water partition coefficient (Wildman–Crippen LogP) is 5.15. The van der Waals surface area contributed by atoms with Crippen molar-refractivity contribution >= 4 is 44.9 Å². The summed E-state index contributed by atoms with van der Waals surface area (Å²) in [5.41, 5.74) is 2.29. The van der Waals surface area contributed by atoms with Crippen LogP contribution in [0.15, 0.2) is 60.7 Å². The van der Waals surface area contributed by atoms with Gasteiger partial charge in [-0.05, 0) is 24.6 Å². The molecule has 0 N–H and O–H groups in total. The van der Waals surface area contributed by atoms with E-state index in [1.807, 2.05) is 41.9 Å². The van der Waals surface area contributed by atoms with Crippen molar-refractivity contribution in [3.63, 3.8) is 0 Å². The van der Waals surface area contributed by atoms with Crippen molar-refractivity contribution in [3.8, 4) is 0 Å². The fourth-order valence-electron chi connectivity index (χ4n) is 3.02. The molecule has 0 amide bonds. The van der Waals surface area contributed by atoms with Crippen LogP contribution in [0.3, 0.4) is 0 Å². The van der Waals surface area contributed by atoms with E-state index < -0.39 is 5.97 Å². The number of carbonyl (C=O) groups is 2. The number of ether oxygens (including phenoxy) is 1. The lowest BCUT2D eigenvalue weighted by molar-refractivity contribution is 0.0479. The molecule has 2 heterocycles. The lowest BCUT2D eigenvalue weighted by atomic mass is 10.1. The number of Topliss-reactive ketones (excluding diaryl/α,β-unsaturated/α-hetero) is 1. The number of nitrogens with zero attached hydrogens (tertiary/aromatic N) is 2. The van der Waals surface area contributed by atoms with Crippen molar-refractivity contribution in [3.05, 3.63) is 87.4 Å². The molecule has 0 aliphatic heterocycles. The molecular formula is C22H17ClN2O3S. The van der Waals surface area contributed by atoms with E-state index in [4.69, 9.17) is 16.3 Å². The fraction of sp³-hybridized carbons (Fsp3) is 0.136. The summed E-state index contributed by atoms with van der Waals surface area (Å²) in [6.45, 7) is 2.11. The van der Waals surface area contributed by atoms with Gasteiger partial charge in [0.05, 0.1) is 12.2 Å². The van der Waals surface area contributed by atoms with Gasteiger partial charge in [-0.2, -0.15) is 5.10 Å². The van der Waals surface area contributed by atoms with Gasteiger partial charge in [0.1, 0.15) is 9.71 Å². The first kappa shape index (κ1) is 19.4. The Morgan fingerprint density at radius 3 is 2.59 bits per heavy atom. The molecule has 0 saturated heterocycles. The maximum absolute atomic E-state index is 12.5. The van der Waals surface area contributed by atoms with Gasteiger partial charge < -0.3 is 4.74 Å². The van der Waals surface area contributed by atoms with Crippen LogP contribution in [0.1, 0.15) is 31.3 Å². The fourth-order valence-corrected chi connectivity index (χ4v) is 4.27. The highest BCUT2D eigenvalue weighted by Gasteiger charge is 2.19. The molecule has 5 nitrogen and oxygen atoms in total. The second kappa shape index (κ2) is 8.19. The number of benzene rings is 2. The Balaban J connectivity index is 1.52. The van der Waals surface area contributed by atoms with Crippen LogP contribution in [-0.2, 0) is 11.3 Å². The van der Waals surface area contributed by atoms with Crippen LogP contribution in [0.5, 0.6) is 0 Å². The Bertz CT molecular complexity index is 1200. The number of fused-ring (bicyclic) bond motifs is 1. The second-order valence-corrected chi connectivity index (χ2v) is 7.97. The minimum Gasteiger partial charge on any atom is -0.453 e. The quantitative estimate of drug-likeness (QED) is 0.317. The van der Waals surface area contributed by atoms with Crippen LogP contribution in [0, 0.1) is 6.92 Å². The zero-order chi connectivity index (χ0) is 20.4. The standard InChI is InChI=1S/C22H17ClN2O3S/c1-14-17-11-20(22(27)28-13-19(26)15-7-3-2-4-8-15)29-21(17)25(24-14)12-16-9-5-6-10-18(16)23/h2-11H,12-13H2,1H3. The van der Waals surface area contributed by atoms with E-state index in [0.29, 0.717) is 22.0 Å². The number of esters is 1. The van der Waals surface area contributed by atoms with Gasteiger partial charge >= 0.3 is 5.97 Å². The molecule has 0 fully saturated rings. The molecular weight excluding hydrogens is 408 g/mol. The summed E-state index contributed by atoms with van der Waals surface area (Å²) in [6, 6.07) is 18.1. The molecule has 0 radical (unpaired) electrons. The lowest BCUT2D eigenvalue weighted by Crippen LogP contribution is -2.13. The Hall–Kier alpha value is -2.96. The van der Waals surface area contributed by atoms with E-state index >= 15 is 0 Å². The Kier molecular flexibility index (Phi) is 5.47. The van der Waals surface area contributed by atoms with Gasteiger partial charge in [-0.25, -0.2) is 4.79 Å². The first-order valence-electron chi connectivity index (χ1n) is 8.98. The summed E-state index contributed by atoms with van der Waals surface area (Å²) < 4.78 is 7.07. The molecule has 7 heteroatoms. The lowest BCUT2D eigenvalue weighted by Gasteiger charge is -2.05. The highest BCUT2D eigenvalue weighted by molar-refractivity contribution is 7.20. The molecule has 2 aromatic heterocycles. The molecule has 29 heavy (non-hydrogen) atoms. The zero-order valence-corrected chi connectivity index (χ0v) is 17.2. The van der Waals surface area contributed by atoms with Crippen LogP contribution >= 0.6 is 22.9 Å². The molecule has 0 saturated carbocycles. The monoisotopic (exact) mass is 424 g/mol. The molecule has 2 aromatic carbocycles. The van der Waals surface area contributed by atoms with E-state index in [0.717, 1.165) is 21.5 Å². The highest BCUT2D eigenvalue weighted by Crippen LogP contribution is 2.30. The minimum absolute atomic E-state index is 0.235. The SMILES string of the molecule is Cc1nn(Cc2ccccc2Cl)c2sc(C(=O)OCC(=O)c3ccccc3)cc12. The van der Waals surface area contributed by atoms with Gasteiger partial charge in [-0.3, -0.25) is 9.48 Å². The number of halogens is 1. The molecule has 4 rings (SSSR count). The van der Waals surface area contributed by atoms with E-state index in [9.17, 15) is 9.59 Å². The first-order chi connectivity index (χ1) is 14.0. The normalized spacial score (nSPS) is 11.0. The van der Waals surface area contributed by atoms with Crippen molar-refractivity contribution in [2.24, 2.45) is 0 Å². The Labute approximate surface area is 176 Å². The molecule has 0 bridgehead atoms. The van der Waals surface area contributed by atoms with Gasteiger partial charge in [-0.15, -0.1) is 11.3 Å². The smallest absolute Gasteiger partial charge is 0.348 e. The maximum atomic E-state index is 12.5. The number of aromatic nitrogens is 2. The van der Waals surface area contributed by atoms with E-state index in [1.165, 1.54) is 11.3 Å². The Morgan fingerprint density at radius 1 is 1.10 bits per heavy atom. The summed E-state index contributed by atoms with van der Waals surface area (Å²) >= 11 is 7.56. The number of hydrogen-bond acceptors (Lipinski definition) is 5. The Morgan fingerprint density at radius 2 is 1.83 bits per heavy atom. The number of thiophene rings is 1. The molecule has 4 aromatic rings. The average molecular weight is 425 g/mol. The number of ketones is 1. The summed E-state index contributed by atoms with van der Waals surface area (Å²) in [7, 11) is 0. The van der Waals surface area contributed by atoms with Gasteiger partial charge in [0.2, 0.25) is 0 Å². The molecule has 0 atom stereocenters. The third-order valence-electron chi connectivity index (χ3n) is 4.52. The van der Waals surface area contributed by atoms with Crippen LogP contribution < -0.4 is 0 Å². The number of aryl methyl sites for hydroxylation is 1. The number of carbonyl (C=O) groups excluding carboxylic acids is 2. The van der Waals surface area contributed by atoms with Crippen LogP contribution in [0.4, 0.5) is 0 Å². The molecule has 0 spiro atoms. The van der Waals surface area contributed by atoms with Crippen molar-refractivity contribution in [1.29, 1.82) is 0 Å². The highest BCUT2D eigenvalue weighted by atomic mass is 35.5. The van der Waals surface area contributed by atoms with E-state index in [2.05, 4.69) is 5.10 Å². The summed E-state index contributed by atoms with van der Waals surface area (Å²) in [5, 5.41) is 6.13. The van der Waals surface area contributed by atoms with Crippen molar-refractivity contribution in [2.75, 3.05) is 6.61 Å². The predicted molar refractivity (Wildman–Crippen MR) is 114 cm³/mol. The minimum atomic E-state index is -0.515. The third kappa shape index (κ3) is 4.09.